The second-order valence-corrected chi connectivity index (χ2v) is 3.26. The average molecular weight is 193 g/mol. The van der Waals surface area contributed by atoms with E-state index in [4.69, 9.17) is 5.73 Å². The maximum absolute atomic E-state index is 10.9. The monoisotopic (exact) mass is 193 g/mol. The molecular formula is C11H15NO2. The fraction of sp³-hybridized carbons (Fsp3) is 0.364. The summed E-state index contributed by atoms with van der Waals surface area (Å²) >= 11 is 0. The van der Waals surface area contributed by atoms with Crippen LogP contribution >= 0.6 is 0 Å². The zero-order valence-corrected chi connectivity index (χ0v) is 8.54. The van der Waals surface area contributed by atoms with Gasteiger partial charge in [0.25, 0.3) is 0 Å². The van der Waals surface area contributed by atoms with Crippen LogP contribution in [0.15, 0.2) is 18.2 Å². The van der Waals surface area contributed by atoms with Gasteiger partial charge in [-0.15, -0.1) is 0 Å². The van der Waals surface area contributed by atoms with Crippen molar-refractivity contribution >= 4 is 11.7 Å². The van der Waals surface area contributed by atoms with Crippen molar-refractivity contribution in [3.8, 4) is 0 Å². The van der Waals surface area contributed by atoms with Gasteiger partial charge >= 0.3 is 5.97 Å². The first-order chi connectivity index (χ1) is 6.63. The lowest BCUT2D eigenvalue weighted by atomic mass is 10.0. The van der Waals surface area contributed by atoms with Crippen LogP contribution in [-0.2, 0) is 16.0 Å². The third-order valence-corrected chi connectivity index (χ3v) is 2.20. The predicted octanol–water partition coefficient (Wildman–Crippen LogP) is 1.68. The van der Waals surface area contributed by atoms with Gasteiger partial charge < -0.3 is 10.5 Å². The fourth-order valence-corrected chi connectivity index (χ4v) is 1.30. The van der Waals surface area contributed by atoms with E-state index >= 15 is 0 Å². The van der Waals surface area contributed by atoms with E-state index < -0.39 is 0 Å². The van der Waals surface area contributed by atoms with E-state index in [-0.39, 0.29) is 5.97 Å². The Bertz CT molecular complexity index is 334. The van der Waals surface area contributed by atoms with Crippen molar-refractivity contribution in [1.82, 2.24) is 0 Å². The SMILES string of the molecule is COC(=O)CCc1cc(N)ccc1C. The highest BCUT2D eigenvalue weighted by molar-refractivity contribution is 5.69. The van der Waals surface area contributed by atoms with Gasteiger partial charge in [0.15, 0.2) is 0 Å². The van der Waals surface area contributed by atoms with E-state index in [1.165, 1.54) is 7.11 Å². The lowest BCUT2D eigenvalue weighted by Gasteiger charge is -2.05. The van der Waals surface area contributed by atoms with E-state index in [9.17, 15) is 4.79 Å². The summed E-state index contributed by atoms with van der Waals surface area (Å²) in [7, 11) is 1.40. The van der Waals surface area contributed by atoms with Crippen LogP contribution < -0.4 is 5.73 Å². The van der Waals surface area contributed by atoms with Crippen molar-refractivity contribution in [2.24, 2.45) is 0 Å². The Kier molecular flexibility index (Phi) is 3.51. The van der Waals surface area contributed by atoms with Crippen LogP contribution in [0.1, 0.15) is 17.5 Å². The number of nitrogens with two attached hydrogens (primary N) is 1. The van der Waals surface area contributed by atoms with Gasteiger partial charge in [0.2, 0.25) is 0 Å². The number of nitrogen functional groups attached to an aromatic ring is 1. The molecule has 0 saturated carbocycles. The second kappa shape index (κ2) is 4.65. The lowest BCUT2D eigenvalue weighted by Crippen LogP contribution is -2.03. The fourth-order valence-electron chi connectivity index (χ4n) is 1.30. The number of carbonyl (C=O) groups excluding carboxylic acids is 1. The van der Waals surface area contributed by atoms with E-state index in [2.05, 4.69) is 4.74 Å². The molecule has 0 aromatic heterocycles. The minimum Gasteiger partial charge on any atom is -0.469 e. The smallest absolute Gasteiger partial charge is 0.305 e. The van der Waals surface area contributed by atoms with Gasteiger partial charge in [0.05, 0.1) is 7.11 Å². The number of anilines is 1. The first-order valence-electron chi connectivity index (χ1n) is 4.55. The normalized spacial score (nSPS) is 9.86. The first-order valence-corrected chi connectivity index (χ1v) is 4.55. The highest BCUT2D eigenvalue weighted by Crippen LogP contribution is 2.14. The molecule has 0 bridgehead atoms. The average Bonchev–Trinajstić information content (AvgIpc) is 2.19. The number of benzene rings is 1. The summed E-state index contributed by atoms with van der Waals surface area (Å²) in [4.78, 5) is 10.9. The van der Waals surface area contributed by atoms with Gasteiger partial charge in [-0.05, 0) is 36.6 Å². The standard InChI is InChI=1S/C11H15NO2/c1-8-3-5-10(12)7-9(8)4-6-11(13)14-2/h3,5,7H,4,6,12H2,1-2H3. The lowest BCUT2D eigenvalue weighted by molar-refractivity contribution is -0.140. The van der Waals surface area contributed by atoms with Crippen LogP contribution in [-0.4, -0.2) is 13.1 Å². The summed E-state index contributed by atoms with van der Waals surface area (Å²) in [6.45, 7) is 2.01. The molecule has 76 valence electrons. The molecule has 2 N–H and O–H groups in total. The highest BCUT2D eigenvalue weighted by Gasteiger charge is 2.03. The number of rotatable bonds is 3. The van der Waals surface area contributed by atoms with Crippen molar-refractivity contribution in [1.29, 1.82) is 0 Å². The van der Waals surface area contributed by atoms with Crippen molar-refractivity contribution in [2.45, 2.75) is 19.8 Å². The molecule has 0 radical (unpaired) electrons. The molecule has 0 aliphatic heterocycles. The molecule has 0 amide bonds. The van der Waals surface area contributed by atoms with E-state index in [0.717, 1.165) is 16.8 Å². The third kappa shape index (κ3) is 2.76. The second-order valence-electron chi connectivity index (χ2n) is 3.26. The molecule has 0 spiro atoms. The Morgan fingerprint density at radius 1 is 1.50 bits per heavy atom. The minimum absolute atomic E-state index is 0.188. The molecule has 3 heteroatoms. The summed E-state index contributed by atoms with van der Waals surface area (Å²) in [5.74, 6) is -0.188. The van der Waals surface area contributed by atoms with E-state index in [1.807, 2.05) is 25.1 Å². The summed E-state index contributed by atoms with van der Waals surface area (Å²) in [6, 6.07) is 5.72. The van der Waals surface area contributed by atoms with E-state index in [0.29, 0.717) is 12.8 Å². The van der Waals surface area contributed by atoms with Crippen LogP contribution in [0, 0.1) is 6.92 Å². The zero-order chi connectivity index (χ0) is 10.6. The van der Waals surface area contributed by atoms with Gasteiger partial charge in [-0.25, -0.2) is 0 Å². The van der Waals surface area contributed by atoms with Gasteiger partial charge in [-0.3, -0.25) is 4.79 Å². The largest absolute Gasteiger partial charge is 0.469 e. The maximum atomic E-state index is 10.9. The van der Waals surface area contributed by atoms with Crippen LogP contribution in [0.5, 0.6) is 0 Å². The molecule has 1 rings (SSSR count). The molecule has 14 heavy (non-hydrogen) atoms. The zero-order valence-electron chi connectivity index (χ0n) is 8.54. The van der Waals surface area contributed by atoms with Crippen molar-refractivity contribution < 1.29 is 9.53 Å². The molecule has 0 aliphatic rings. The molecule has 0 saturated heterocycles. The summed E-state index contributed by atoms with van der Waals surface area (Å²) < 4.78 is 4.57. The molecular weight excluding hydrogens is 178 g/mol. The Morgan fingerprint density at radius 3 is 2.86 bits per heavy atom. The van der Waals surface area contributed by atoms with Crippen LogP contribution in [0.4, 0.5) is 5.69 Å². The van der Waals surface area contributed by atoms with E-state index in [1.54, 1.807) is 0 Å². The Balaban J connectivity index is 2.66. The van der Waals surface area contributed by atoms with Crippen molar-refractivity contribution in [3.05, 3.63) is 29.3 Å². The van der Waals surface area contributed by atoms with Gasteiger partial charge in [-0.2, -0.15) is 0 Å². The maximum Gasteiger partial charge on any atom is 0.305 e. The van der Waals surface area contributed by atoms with Crippen LogP contribution in [0.25, 0.3) is 0 Å². The Labute approximate surface area is 83.9 Å². The molecule has 3 nitrogen and oxygen atoms in total. The number of hydrogen-bond acceptors (Lipinski definition) is 3. The minimum atomic E-state index is -0.188. The number of methoxy groups -OCH3 is 1. The molecule has 0 fully saturated rings. The summed E-state index contributed by atoms with van der Waals surface area (Å²) in [5.41, 5.74) is 8.64. The van der Waals surface area contributed by atoms with Gasteiger partial charge in [-0.1, -0.05) is 6.07 Å². The molecule has 0 aliphatic carbocycles. The topological polar surface area (TPSA) is 52.3 Å². The van der Waals surface area contributed by atoms with Gasteiger partial charge in [0, 0.05) is 12.1 Å². The highest BCUT2D eigenvalue weighted by atomic mass is 16.5. The summed E-state index contributed by atoms with van der Waals surface area (Å²) in [5, 5.41) is 0. The predicted molar refractivity (Wildman–Crippen MR) is 55.9 cm³/mol. The number of aryl methyl sites for hydroxylation is 2. The first kappa shape index (κ1) is 10.6. The van der Waals surface area contributed by atoms with Gasteiger partial charge in [0.1, 0.15) is 0 Å². The Morgan fingerprint density at radius 2 is 2.21 bits per heavy atom. The number of esters is 1. The molecule has 0 heterocycles. The molecule has 0 atom stereocenters. The number of hydrogen-bond donors (Lipinski definition) is 1. The van der Waals surface area contributed by atoms with Crippen molar-refractivity contribution in [3.63, 3.8) is 0 Å². The molecule has 1 aromatic rings. The summed E-state index contributed by atoms with van der Waals surface area (Å²) in [6.07, 6.45) is 1.09. The van der Waals surface area contributed by atoms with Crippen LogP contribution in [0.2, 0.25) is 0 Å². The molecule has 0 unspecified atom stereocenters. The quantitative estimate of drug-likeness (QED) is 0.587. The Hall–Kier alpha value is -1.51. The molecule has 1 aromatic carbocycles. The van der Waals surface area contributed by atoms with Crippen molar-refractivity contribution in [2.75, 3.05) is 12.8 Å². The van der Waals surface area contributed by atoms with Crippen LogP contribution in [0.3, 0.4) is 0 Å². The number of ether oxygens (including phenoxy) is 1. The third-order valence-electron chi connectivity index (χ3n) is 2.20. The number of carbonyl (C=O) groups is 1.